The van der Waals surface area contributed by atoms with Gasteiger partial charge in [-0.15, -0.1) is 0 Å². The minimum absolute atomic E-state index is 0.152. The molecule has 2 heterocycles. The summed E-state index contributed by atoms with van der Waals surface area (Å²) in [5, 5.41) is 4.93. The maximum absolute atomic E-state index is 11.6. The molecule has 1 aromatic rings. The molecule has 1 aliphatic rings. The van der Waals surface area contributed by atoms with Gasteiger partial charge in [-0.25, -0.2) is 18.5 Å². The number of oxazole rings is 1. The zero-order chi connectivity index (χ0) is 11.8. The van der Waals surface area contributed by atoms with Gasteiger partial charge < -0.3 is 4.42 Å². The average Bonchev–Trinajstić information content (AvgIpc) is 2.71. The number of hydrogen-bond acceptors (Lipinski definition) is 5. The van der Waals surface area contributed by atoms with Gasteiger partial charge >= 0.3 is 6.01 Å². The van der Waals surface area contributed by atoms with Crippen molar-refractivity contribution in [2.24, 2.45) is 11.1 Å². The summed E-state index contributed by atoms with van der Waals surface area (Å²) in [6.45, 7) is 0.274. The van der Waals surface area contributed by atoms with Crippen molar-refractivity contribution in [2.45, 2.75) is 6.42 Å². The normalized spacial score (nSPS) is 21.7. The fourth-order valence-corrected chi connectivity index (χ4v) is 2.64. The second-order valence-electron chi connectivity index (χ2n) is 3.72. The Labute approximate surface area is 92.3 Å². The van der Waals surface area contributed by atoms with E-state index < -0.39 is 10.0 Å². The van der Waals surface area contributed by atoms with Crippen LogP contribution in [0.4, 0.5) is 6.01 Å². The first kappa shape index (κ1) is 11.1. The molecule has 0 radical (unpaired) electrons. The van der Waals surface area contributed by atoms with Crippen molar-refractivity contribution in [3.05, 3.63) is 12.5 Å². The Morgan fingerprint density at radius 3 is 2.94 bits per heavy atom. The molecule has 0 saturated carbocycles. The molecular weight excluding hydrogens is 234 g/mol. The van der Waals surface area contributed by atoms with Gasteiger partial charge in [-0.1, -0.05) is 0 Å². The number of nitrogens with two attached hydrogens (primary N) is 1. The topological polar surface area (TPSA) is 106 Å². The molecule has 16 heavy (non-hydrogen) atoms. The third-order valence-electron chi connectivity index (χ3n) is 2.32. The molecule has 1 aliphatic heterocycles. The van der Waals surface area contributed by atoms with Gasteiger partial charge in [0.1, 0.15) is 6.26 Å². The summed E-state index contributed by atoms with van der Waals surface area (Å²) in [7, 11) is -3.55. The predicted octanol–water partition coefficient (Wildman–Crippen LogP) is -0.684. The van der Waals surface area contributed by atoms with Crippen molar-refractivity contribution in [1.82, 2.24) is 4.98 Å². The Bertz CT molecular complexity index is 481. The van der Waals surface area contributed by atoms with Crippen molar-refractivity contribution >= 4 is 21.9 Å². The largest absolute Gasteiger partial charge is 0.432 e. The van der Waals surface area contributed by atoms with Gasteiger partial charge in [0, 0.05) is 18.9 Å². The van der Waals surface area contributed by atoms with E-state index in [2.05, 4.69) is 4.98 Å². The van der Waals surface area contributed by atoms with Gasteiger partial charge in [-0.2, -0.15) is 0 Å². The van der Waals surface area contributed by atoms with E-state index in [1.54, 1.807) is 0 Å². The first-order valence-electron chi connectivity index (χ1n) is 4.66. The molecule has 7 nitrogen and oxygen atoms in total. The van der Waals surface area contributed by atoms with Crippen molar-refractivity contribution < 1.29 is 17.6 Å². The standard InChI is InChI=1S/C8H11N3O4S/c9-16(13,14)5-6-3-7(12)11(4-6)8-10-1-2-15-8/h1-2,6H,3-5H2,(H2,9,13,14). The van der Waals surface area contributed by atoms with Crippen molar-refractivity contribution in [2.75, 3.05) is 17.2 Å². The first-order valence-corrected chi connectivity index (χ1v) is 6.37. The third-order valence-corrected chi connectivity index (χ3v) is 3.26. The SMILES string of the molecule is NS(=O)(=O)CC1CC(=O)N(c2ncco2)C1. The number of carbonyl (C=O) groups is 1. The zero-order valence-electron chi connectivity index (χ0n) is 8.37. The average molecular weight is 245 g/mol. The van der Waals surface area contributed by atoms with Crippen molar-refractivity contribution in [3.63, 3.8) is 0 Å². The second kappa shape index (κ2) is 3.87. The van der Waals surface area contributed by atoms with Gasteiger partial charge in [-0.05, 0) is 0 Å². The Morgan fingerprint density at radius 1 is 1.62 bits per heavy atom. The minimum Gasteiger partial charge on any atom is -0.432 e. The van der Waals surface area contributed by atoms with E-state index in [9.17, 15) is 13.2 Å². The lowest BCUT2D eigenvalue weighted by molar-refractivity contribution is -0.117. The lowest BCUT2D eigenvalue weighted by atomic mass is 10.1. The summed E-state index contributed by atoms with van der Waals surface area (Å²) in [5.74, 6) is -0.693. The Kier molecular flexibility index (Phi) is 2.68. The highest BCUT2D eigenvalue weighted by molar-refractivity contribution is 7.89. The molecule has 0 spiro atoms. The minimum atomic E-state index is -3.55. The highest BCUT2D eigenvalue weighted by Gasteiger charge is 2.34. The van der Waals surface area contributed by atoms with Gasteiger partial charge in [-0.3, -0.25) is 9.69 Å². The van der Waals surface area contributed by atoms with Crippen LogP contribution in [0.2, 0.25) is 0 Å². The van der Waals surface area contributed by atoms with Gasteiger partial charge in [0.25, 0.3) is 0 Å². The summed E-state index contributed by atoms with van der Waals surface area (Å²) in [5.41, 5.74) is 0. The molecule has 1 unspecified atom stereocenters. The van der Waals surface area contributed by atoms with Crippen LogP contribution >= 0.6 is 0 Å². The number of hydrogen-bond donors (Lipinski definition) is 1. The highest BCUT2D eigenvalue weighted by Crippen LogP contribution is 2.23. The quantitative estimate of drug-likeness (QED) is 0.759. The fraction of sp³-hybridized carbons (Fsp3) is 0.500. The lowest BCUT2D eigenvalue weighted by Crippen LogP contribution is -2.27. The van der Waals surface area contributed by atoms with E-state index in [4.69, 9.17) is 9.56 Å². The number of primary sulfonamides is 1. The fourth-order valence-electron chi connectivity index (χ4n) is 1.76. The molecule has 0 bridgehead atoms. The monoisotopic (exact) mass is 245 g/mol. The van der Waals surface area contributed by atoms with Gasteiger partial charge in [0.2, 0.25) is 15.9 Å². The smallest absolute Gasteiger partial charge is 0.303 e. The Balaban J connectivity index is 2.08. The van der Waals surface area contributed by atoms with Crippen LogP contribution in [0, 0.1) is 5.92 Å². The van der Waals surface area contributed by atoms with Crippen LogP contribution < -0.4 is 10.0 Å². The van der Waals surface area contributed by atoms with E-state index >= 15 is 0 Å². The highest BCUT2D eigenvalue weighted by atomic mass is 32.2. The molecule has 1 fully saturated rings. The molecule has 0 aromatic carbocycles. The van der Waals surface area contributed by atoms with Crippen LogP contribution in [0.25, 0.3) is 0 Å². The first-order chi connectivity index (χ1) is 7.46. The number of anilines is 1. The molecule has 1 amide bonds. The zero-order valence-corrected chi connectivity index (χ0v) is 9.18. The predicted molar refractivity (Wildman–Crippen MR) is 54.9 cm³/mol. The van der Waals surface area contributed by atoms with Crippen LogP contribution in [0.5, 0.6) is 0 Å². The molecule has 1 aromatic heterocycles. The maximum atomic E-state index is 11.6. The summed E-state index contributed by atoms with van der Waals surface area (Å²) in [6.07, 6.45) is 2.93. The van der Waals surface area contributed by atoms with Crippen molar-refractivity contribution in [3.8, 4) is 0 Å². The van der Waals surface area contributed by atoms with Crippen LogP contribution in [0.3, 0.4) is 0 Å². The van der Waals surface area contributed by atoms with Gasteiger partial charge in [0.15, 0.2) is 0 Å². The summed E-state index contributed by atoms with van der Waals surface area (Å²) >= 11 is 0. The summed E-state index contributed by atoms with van der Waals surface area (Å²) in [4.78, 5) is 16.7. The molecular formula is C8H11N3O4S. The maximum Gasteiger partial charge on any atom is 0.303 e. The number of carbonyl (C=O) groups excluding carboxylic acids is 1. The lowest BCUT2D eigenvalue weighted by Gasteiger charge is -2.10. The molecule has 1 saturated heterocycles. The Morgan fingerprint density at radius 2 is 2.38 bits per heavy atom. The third kappa shape index (κ3) is 2.39. The van der Waals surface area contributed by atoms with Crippen LogP contribution in [-0.2, 0) is 14.8 Å². The molecule has 1 atom stereocenters. The van der Waals surface area contributed by atoms with E-state index in [0.29, 0.717) is 0 Å². The summed E-state index contributed by atoms with van der Waals surface area (Å²) < 4.78 is 26.8. The van der Waals surface area contributed by atoms with E-state index in [1.807, 2.05) is 0 Å². The summed E-state index contributed by atoms with van der Waals surface area (Å²) in [6, 6.07) is 0.196. The molecule has 88 valence electrons. The molecule has 2 N–H and O–H groups in total. The number of aromatic nitrogens is 1. The van der Waals surface area contributed by atoms with Crippen LogP contribution in [-0.4, -0.2) is 31.6 Å². The van der Waals surface area contributed by atoms with Gasteiger partial charge in [0.05, 0.1) is 11.9 Å². The Hall–Kier alpha value is -1.41. The van der Waals surface area contributed by atoms with Crippen LogP contribution in [0.1, 0.15) is 6.42 Å². The number of amides is 1. The number of nitrogens with zero attached hydrogens (tertiary/aromatic N) is 2. The molecule has 0 aliphatic carbocycles. The molecule has 8 heteroatoms. The second-order valence-corrected chi connectivity index (χ2v) is 5.38. The van der Waals surface area contributed by atoms with Crippen molar-refractivity contribution in [1.29, 1.82) is 0 Å². The van der Waals surface area contributed by atoms with E-state index in [1.165, 1.54) is 17.4 Å². The number of sulfonamides is 1. The molecule has 2 rings (SSSR count). The van der Waals surface area contributed by atoms with Crippen LogP contribution in [0.15, 0.2) is 16.9 Å². The van der Waals surface area contributed by atoms with E-state index in [0.717, 1.165) is 0 Å². The number of rotatable bonds is 3. The van der Waals surface area contributed by atoms with E-state index in [-0.39, 0.29) is 36.6 Å².